The predicted octanol–water partition coefficient (Wildman–Crippen LogP) is 1.76. The minimum atomic E-state index is -0.409. The van der Waals surface area contributed by atoms with Crippen molar-refractivity contribution in [1.29, 1.82) is 0 Å². The number of aryl methyl sites for hydroxylation is 1. The van der Waals surface area contributed by atoms with Crippen LogP contribution in [0.3, 0.4) is 0 Å². The van der Waals surface area contributed by atoms with E-state index < -0.39 is 5.82 Å². The van der Waals surface area contributed by atoms with Crippen LogP contribution in [0.25, 0.3) is 10.9 Å². The highest BCUT2D eigenvalue weighted by Crippen LogP contribution is 2.26. The molecule has 2 aliphatic rings. The van der Waals surface area contributed by atoms with Crippen LogP contribution < -0.4 is 15.6 Å². The van der Waals surface area contributed by atoms with Crippen molar-refractivity contribution in [1.82, 2.24) is 14.8 Å². The molecule has 150 valence electrons. The van der Waals surface area contributed by atoms with E-state index in [1.54, 1.807) is 28.9 Å². The number of nitrogens with zero attached hydrogens (tertiary/aromatic N) is 3. The Balaban J connectivity index is 1.81. The summed E-state index contributed by atoms with van der Waals surface area (Å²) >= 11 is 1.81. The zero-order valence-corrected chi connectivity index (χ0v) is 16.9. The van der Waals surface area contributed by atoms with Crippen LogP contribution >= 0.6 is 11.8 Å². The maximum atomic E-state index is 14.9. The molecular weight excluding hydrogens is 379 g/mol. The Morgan fingerprint density at radius 2 is 1.89 bits per heavy atom. The molecule has 2 saturated heterocycles. The highest BCUT2D eigenvalue weighted by Gasteiger charge is 2.24. The lowest BCUT2D eigenvalue weighted by atomic mass is 10.1. The molecule has 0 bridgehead atoms. The van der Waals surface area contributed by atoms with Crippen LogP contribution in [0.2, 0.25) is 0 Å². The number of amides is 1. The van der Waals surface area contributed by atoms with Crippen molar-refractivity contribution in [3.63, 3.8) is 0 Å². The topological polar surface area (TPSA) is 57.6 Å². The van der Waals surface area contributed by atoms with Gasteiger partial charge in [0, 0.05) is 68.9 Å². The van der Waals surface area contributed by atoms with Crippen LogP contribution in [0, 0.1) is 5.82 Å². The van der Waals surface area contributed by atoms with E-state index in [2.05, 4.69) is 5.32 Å². The van der Waals surface area contributed by atoms with E-state index in [4.69, 9.17) is 0 Å². The molecule has 3 heterocycles. The third-order valence-electron chi connectivity index (χ3n) is 5.48. The summed E-state index contributed by atoms with van der Waals surface area (Å²) in [6.45, 7) is 6.90. The second-order valence-electron chi connectivity index (χ2n) is 7.12. The number of benzene rings is 1. The molecule has 0 spiro atoms. The standard InChI is InChI=1S/C20H25FN4O2S/c1-2-23-13-15(20(27)25-7-9-28-10-8-25)19(26)14-11-16(21)18(12-17(14)23)24-5-3-22-4-6-24/h11-13,22H,2-10H2,1H3. The van der Waals surface area contributed by atoms with Gasteiger partial charge in [-0.15, -0.1) is 0 Å². The Bertz CT molecular complexity index is 949. The maximum absolute atomic E-state index is 14.9. The Morgan fingerprint density at radius 1 is 1.18 bits per heavy atom. The molecule has 4 rings (SSSR count). The smallest absolute Gasteiger partial charge is 0.259 e. The molecule has 0 radical (unpaired) electrons. The molecule has 0 atom stereocenters. The zero-order valence-electron chi connectivity index (χ0n) is 16.0. The molecule has 1 amide bonds. The fourth-order valence-corrected chi connectivity index (χ4v) is 4.80. The van der Waals surface area contributed by atoms with Crippen LogP contribution in [0.15, 0.2) is 23.1 Å². The zero-order chi connectivity index (χ0) is 19.7. The lowest BCUT2D eigenvalue weighted by Crippen LogP contribution is -2.44. The van der Waals surface area contributed by atoms with Gasteiger partial charge in [0.05, 0.1) is 11.2 Å². The minimum absolute atomic E-state index is 0.135. The van der Waals surface area contributed by atoms with E-state index in [9.17, 15) is 14.0 Å². The molecule has 2 fully saturated rings. The first kappa shape index (κ1) is 19.3. The molecule has 1 N–H and O–H groups in total. The van der Waals surface area contributed by atoms with Gasteiger partial charge in [0.25, 0.3) is 5.91 Å². The number of carbonyl (C=O) groups is 1. The van der Waals surface area contributed by atoms with E-state index in [-0.39, 0.29) is 22.3 Å². The molecule has 1 aromatic carbocycles. The number of hydrogen-bond acceptors (Lipinski definition) is 5. The second-order valence-corrected chi connectivity index (χ2v) is 8.35. The molecule has 0 saturated carbocycles. The number of carbonyl (C=O) groups excluding carboxylic acids is 1. The Hall–Kier alpha value is -2.06. The van der Waals surface area contributed by atoms with Gasteiger partial charge >= 0.3 is 0 Å². The highest BCUT2D eigenvalue weighted by molar-refractivity contribution is 7.99. The molecule has 0 unspecified atom stereocenters. The van der Waals surface area contributed by atoms with Gasteiger partial charge in [0.2, 0.25) is 5.43 Å². The first-order chi connectivity index (χ1) is 13.6. The van der Waals surface area contributed by atoms with Crippen LogP contribution in [0.4, 0.5) is 10.1 Å². The second kappa shape index (κ2) is 8.13. The van der Waals surface area contributed by atoms with Crippen LogP contribution in [0.5, 0.6) is 0 Å². The average molecular weight is 405 g/mol. The van der Waals surface area contributed by atoms with Crippen LogP contribution in [-0.4, -0.2) is 66.1 Å². The number of anilines is 1. The molecule has 2 aliphatic heterocycles. The van der Waals surface area contributed by atoms with Gasteiger partial charge in [-0.1, -0.05) is 0 Å². The van der Waals surface area contributed by atoms with E-state index in [0.717, 1.165) is 37.7 Å². The lowest BCUT2D eigenvalue weighted by Gasteiger charge is -2.30. The molecule has 28 heavy (non-hydrogen) atoms. The number of halogens is 1. The Kier molecular flexibility index (Phi) is 5.59. The van der Waals surface area contributed by atoms with E-state index >= 15 is 0 Å². The van der Waals surface area contributed by atoms with Crippen LogP contribution in [0.1, 0.15) is 17.3 Å². The average Bonchev–Trinajstić information content (AvgIpc) is 2.75. The molecule has 6 nitrogen and oxygen atoms in total. The van der Waals surface area contributed by atoms with Crippen molar-refractivity contribution in [2.75, 3.05) is 55.7 Å². The molecular formula is C20H25FN4O2S. The van der Waals surface area contributed by atoms with E-state index in [1.165, 1.54) is 6.07 Å². The normalized spacial score (nSPS) is 17.9. The quantitative estimate of drug-likeness (QED) is 0.845. The number of pyridine rings is 1. The molecule has 8 heteroatoms. The molecule has 1 aromatic heterocycles. The van der Waals surface area contributed by atoms with Gasteiger partial charge in [-0.25, -0.2) is 4.39 Å². The lowest BCUT2D eigenvalue weighted by molar-refractivity contribution is 0.0770. The number of hydrogen-bond donors (Lipinski definition) is 1. The van der Waals surface area contributed by atoms with Crippen LogP contribution in [-0.2, 0) is 6.54 Å². The number of thioether (sulfide) groups is 1. The summed E-state index contributed by atoms with van der Waals surface area (Å²) in [5.41, 5.74) is 0.945. The van der Waals surface area contributed by atoms with Gasteiger partial charge in [-0.05, 0) is 19.1 Å². The van der Waals surface area contributed by atoms with E-state index in [1.807, 2.05) is 16.4 Å². The monoisotopic (exact) mass is 404 g/mol. The molecule has 0 aliphatic carbocycles. The third-order valence-corrected chi connectivity index (χ3v) is 6.42. The maximum Gasteiger partial charge on any atom is 0.259 e. The van der Waals surface area contributed by atoms with Crippen molar-refractivity contribution in [2.24, 2.45) is 0 Å². The first-order valence-electron chi connectivity index (χ1n) is 9.79. The van der Waals surface area contributed by atoms with Crippen molar-refractivity contribution in [2.45, 2.75) is 13.5 Å². The Labute approximate surface area is 167 Å². The third kappa shape index (κ3) is 3.51. The number of nitrogens with one attached hydrogen (secondary N) is 1. The first-order valence-corrected chi connectivity index (χ1v) is 10.9. The van der Waals surface area contributed by atoms with Crippen molar-refractivity contribution in [3.05, 3.63) is 39.9 Å². The number of rotatable bonds is 3. The van der Waals surface area contributed by atoms with E-state index in [0.29, 0.717) is 30.8 Å². The van der Waals surface area contributed by atoms with Gasteiger partial charge in [-0.3, -0.25) is 9.59 Å². The van der Waals surface area contributed by atoms with Gasteiger partial charge in [-0.2, -0.15) is 11.8 Å². The van der Waals surface area contributed by atoms with Crippen molar-refractivity contribution in [3.8, 4) is 0 Å². The Morgan fingerprint density at radius 3 is 2.57 bits per heavy atom. The summed E-state index contributed by atoms with van der Waals surface area (Å²) in [5, 5.41) is 3.53. The fourth-order valence-electron chi connectivity index (χ4n) is 3.90. The predicted molar refractivity (Wildman–Crippen MR) is 112 cm³/mol. The molecule has 2 aromatic rings. The summed E-state index contributed by atoms with van der Waals surface area (Å²) in [4.78, 5) is 29.7. The SMILES string of the molecule is CCn1cc(C(=O)N2CCSCC2)c(=O)c2cc(F)c(N3CCNCC3)cc21. The number of aromatic nitrogens is 1. The van der Waals surface area contributed by atoms with Gasteiger partial charge < -0.3 is 19.7 Å². The van der Waals surface area contributed by atoms with Gasteiger partial charge in [0.1, 0.15) is 11.4 Å². The minimum Gasteiger partial charge on any atom is -0.367 e. The number of fused-ring (bicyclic) bond motifs is 1. The summed E-state index contributed by atoms with van der Waals surface area (Å²) < 4.78 is 16.8. The largest absolute Gasteiger partial charge is 0.367 e. The highest BCUT2D eigenvalue weighted by atomic mass is 32.2. The summed E-state index contributed by atoms with van der Waals surface area (Å²) in [7, 11) is 0. The fraction of sp³-hybridized carbons (Fsp3) is 0.500. The van der Waals surface area contributed by atoms with Gasteiger partial charge in [0.15, 0.2) is 0 Å². The van der Waals surface area contributed by atoms with Crippen molar-refractivity contribution < 1.29 is 9.18 Å². The summed E-state index contributed by atoms with van der Waals surface area (Å²) in [6.07, 6.45) is 1.65. The number of piperazine rings is 1. The summed E-state index contributed by atoms with van der Waals surface area (Å²) in [5.74, 6) is 1.10. The van der Waals surface area contributed by atoms with Crippen molar-refractivity contribution >= 4 is 34.3 Å². The summed E-state index contributed by atoms with van der Waals surface area (Å²) in [6, 6.07) is 3.07.